The number of aromatic amines is 1. The van der Waals surface area contributed by atoms with Crippen LogP contribution in [0.5, 0.6) is 5.75 Å². The maximum atomic E-state index is 13.0. The van der Waals surface area contributed by atoms with Gasteiger partial charge in [-0.25, -0.2) is 0 Å². The first-order valence-corrected chi connectivity index (χ1v) is 11.9. The highest BCUT2D eigenvalue weighted by molar-refractivity contribution is 5.95. The van der Waals surface area contributed by atoms with Crippen molar-refractivity contribution in [3.05, 3.63) is 59.2 Å². The number of nitrogens with one attached hydrogen (secondary N) is 1. The Morgan fingerprint density at radius 3 is 2.52 bits per heavy atom. The number of aromatic nitrogens is 2. The zero-order valence-electron chi connectivity index (χ0n) is 19.7. The van der Waals surface area contributed by atoms with Crippen LogP contribution in [0, 0.1) is 5.92 Å². The van der Waals surface area contributed by atoms with Crippen LogP contribution in [0.25, 0.3) is 22.5 Å². The Balaban J connectivity index is 1.31. The van der Waals surface area contributed by atoms with Crippen molar-refractivity contribution in [3.63, 3.8) is 0 Å². The third-order valence-electron chi connectivity index (χ3n) is 6.78. The van der Waals surface area contributed by atoms with Gasteiger partial charge in [-0.2, -0.15) is 5.10 Å². The van der Waals surface area contributed by atoms with Gasteiger partial charge in [0.1, 0.15) is 5.75 Å². The topological polar surface area (TPSA) is 61.5 Å². The van der Waals surface area contributed by atoms with Crippen molar-refractivity contribution in [3.8, 4) is 28.3 Å². The number of piperazine rings is 1. The van der Waals surface area contributed by atoms with Gasteiger partial charge in [-0.05, 0) is 54.7 Å². The molecule has 0 spiro atoms. The molecule has 0 unspecified atom stereocenters. The van der Waals surface area contributed by atoms with E-state index in [1.165, 1.54) is 16.7 Å². The van der Waals surface area contributed by atoms with E-state index in [4.69, 9.17) is 4.74 Å². The highest BCUT2D eigenvalue weighted by Gasteiger charge is 2.25. The molecule has 2 heterocycles. The third kappa shape index (κ3) is 4.27. The van der Waals surface area contributed by atoms with E-state index in [9.17, 15) is 4.79 Å². The summed E-state index contributed by atoms with van der Waals surface area (Å²) in [6, 6.07) is 14.2. The molecule has 172 valence electrons. The van der Waals surface area contributed by atoms with Crippen molar-refractivity contribution in [2.75, 3.05) is 39.8 Å². The number of aryl methyl sites for hydroxylation is 1. The van der Waals surface area contributed by atoms with Gasteiger partial charge in [0.05, 0.1) is 18.5 Å². The fourth-order valence-corrected chi connectivity index (χ4v) is 5.08. The molecule has 2 aromatic carbocycles. The van der Waals surface area contributed by atoms with E-state index >= 15 is 0 Å². The van der Waals surface area contributed by atoms with Crippen LogP contribution in [0.2, 0.25) is 0 Å². The number of H-pyrrole nitrogens is 1. The molecule has 2 aliphatic rings. The number of rotatable bonds is 5. The van der Waals surface area contributed by atoms with Gasteiger partial charge >= 0.3 is 0 Å². The van der Waals surface area contributed by atoms with Gasteiger partial charge in [-0.1, -0.05) is 26.0 Å². The van der Waals surface area contributed by atoms with Crippen molar-refractivity contribution >= 4 is 5.91 Å². The van der Waals surface area contributed by atoms with Crippen LogP contribution >= 0.6 is 0 Å². The Bertz CT molecular complexity index is 1140. The number of hydrogen-bond acceptors (Lipinski definition) is 4. The van der Waals surface area contributed by atoms with E-state index in [-0.39, 0.29) is 5.91 Å². The summed E-state index contributed by atoms with van der Waals surface area (Å²) in [5.41, 5.74) is 7.58. The smallest absolute Gasteiger partial charge is 0.253 e. The molecule has 6 heteroatoms. The fraction of sp³-hybridized carbons (Fsp3) is 0.407. The molecule has 1 aliphatic heterocycles. The summed E-state index contributed by atoms with van der Waals surface area (Å²) in [5, 5.41) is 7.90. The molecule has 6 nitrogen and oxygen atoms in total. The second-order valence-corrected chi connectivity index (χ2v) is 9.51. The second kappa shape index (κ2) is 9.02. The largest absolute Gasteiger partial charge is 0.497 e. The number of fused-ring (bicyclic) bond motifs is 3. The minimum Gasteiger partial charge on any atom is -0.497 e. The van der Waals surface area contributed by atoms with Gasteiger partial charge in [0, 0.05) is 55.0 Å². The Kier molecular flexibility index (Phi) is 5.94. The van der Waals surface area contributed by atoms with Crippen molar-refractivity contribution in [1.29, 1.82) is 0 Å². The van der Waals surface area contributed by atoms with Crippen LogP contribution in [0.15, 0.2) is 42.5 Å². The van der Waals surface area contributed by atoms with Crippen LogP contribution in [0.4, 0.5) is 0 Å². The molecule has 0 radical (unpaired) electrons. The molecule has 33 heavy (non-hydrogen) atoms. The number of amides is 1. The maximum Gasteiger partial charge on any atom is 0.253 e. The van der Waals surface area contributed by atoms with Crippen LogP contribution in [0.1, 0.15) is 35.3 Å². The van der Waals surface area contributed by atoms with E-state index in [0.717, 1.165) is 73.8 Å². The molecule has 1 fully saturated rings. The molecule has 1 aromatic heterocycles. The number of ether oxygens (including phenoxy) is 1. The third-order valence-corrected chi connectivity index (χ3v) is 6.78. The summed E-state index contributed by atoms with van der Waals surface area (Å²) in [5.74, 6) is 1.67. The first-order chi connectivity index (χ1) is 16.0. The molecular weight excluding hydrogens is 412 g/mol. The predicted molar refractivity (Wildman–Crippen MR) is 131 cm³/mol. The molecule has 3 aromatic rings. The van der Waals surface area contributed by atoms with Crippen molar-refractivity contribution in [2.24, 2.45) is 5.92 Å². The Morgan fingerprint density at radius 2 is 1.82 bits per heavy atom. The lowest BCUT2D eigenvalue weighted by atomic mass is 9.87. The van der Waals surface area contributed by atoms with Crippen LogP contribution in [-0.4, -0.2) is 65.7 Å². The minimum absolute atomic E-state index is 0.123. The van der Waals surface area contributed by atoms with Crippen LogP contribution in [0.3, 0.4) is 0 Å². The average Bonchev–Trinajstić information content (AvgIpc) is 3.28. The summed E-state index contributed by atoms with van der Waals surface area (Å²) in [6.45, 7) is 9.08. The number of methoxy groups -OCH3 is 1. The van der Waals surface area contributed by atoms with Crippen molar-refractivity contribution in [2.45, 2.75) is 26.7 Å². The monoisotopic (exact) mass is 444 g/mol. The van der Waals surface area contributed by atoms with E-state index in [1.54, 1.807) is 7.11 Å². The second-order valence-electron chi connectivity index (χ2n) is 9.51. The van der Waals surface area contributed by atoms with Crippen molar-refractivity contribution in [1.82, 2.24) is 20.0 Å². The quantitative estimate of drug-likeness (QED) is 0.639. The van der Waals surface area contributed by atoms with E-state index in [1.807, 2.05) is 35.2 Å². The highest BCUT2D eigenvalue weighted by Crippen LogP contribution is 2.38. The number of carbonyl (C=O) groups is 1. The zero-order valence-corrected chi connectivity index (χ0v) is 19.7. The summed E-state index contributed by atoms with van der Waals surface area (Å²) in [4.78, 5) is 17.5. The van der Waals surface area contributed by atoms with Crippen LogP contribution < -0.4 is 4.74 Å². The summed E-state index contributed by atoms with van der Waals surface area (Å²) < 4.78 is 5.38. The predicted octanol–water partition coefficient (Wildman–Crippen LogP) is 4.26. The number of benzene rings is 2. The standard InChI is InChI=1S/C27H32N4O2/c1-18(2)17-30-12-14-31(15-13-30)27(32)20-6-4-19(5-7-20)25-24-10-8-21-16-22(33-3)9-11-23(21)26(24)29-28-25/h4-7,9,11,16,18H,8,10,12-15,17H2,1-3H3,(H,28,29). The Morgan fingerprint density at radius 1 is 1.06 bits per heavy atom. The average molecular weight is 445 g/mol. The minimum atomic E-state index is 0.123. The van der Waals surface area contributed by atoms with Gasteiger partial charge in [0.2, 0.25) is 0 Å². The van der Waals surface area contributed by atoms with Crippen LogP contribution in [-0.2, 0) is 12.8 Å². The molecule has 1 saturated heterocycles. The normalized spacial score (nSPS) is 15.9. The van der Waals surface area contributed by atoms with Gasteiger partial charge in [-0.3, -0.25) is 14.8 Å². The molecule has 1 amide bonds. The van der Waals surface area contributed by atoms with Gasteiger partial charge in [-0.15, -0.1) is 0 Å². The van der Waals surface area contributed by atoms with E-state index in [2.05, 4.69) is 41.1 Å². The van der Waals surface area contributed by atoms with Gasteiger partial charge < -0.3 is 9.64 Å². The molecule has 0 bridgehead atoms. The Hall–Kier alpha value is -3.12. The highest BCUT2D eigenvalue weighted by atomic mass is 16.5. The molecule has 5 rings (SSSR count). The molecule has 1 N–H and O–H groups in total. The Labute approximate surface area is 195 Å². The zero-order chi connectivity index (χ0) is 22.9. The van der Waals surface area contributed by atoms with Crippen molar-refractivity contribution < 1.29 is 9.53 Å². The molecule has 1 aliphatic carbocycles. The van der Waals surface area contributed by atoms with E-state index in [0.29, 0.717) is 5.92 Å². The molecule has 0 atom stereocenters. The summed E-state index contributed by atoms with van der Waals surface area (Å²) in [7, 11) is 1.70. The fourth-order valence-electron chi connectivity index (χ4n) is 5.08. The van der Waals surface area contributed by atoms with Gasteiger partial charge in [0.15, 0.2) is 0 Å². The first-order valence-electron chi connectivity index (χ1n) is 11.9. The SMILES string of the molecule is COc1ccc2c(c1)CCc1c(-c3ccc(C(=O)N4CCN(CC(C)C)CC4)cc3)n[nH]c1-2. The maximum absolute atomic E-state index is 13.0. The number of hydrogen-bond donors (Lipinski definition) is 1. The number of nitrogens with zero attached hydrogens (tertiary/aromatic N) is 3. The molecular formula is C27H32N4O2. The molecule has 0 saturated carbocycles. The van der Waals surface area contributed by atoms with Gasteiger partial charge in [0.25, 0.3) is 5.91 Å². The lowest BCUT2D eigenvalue weighted by Crippen LogP contribution is -2.49. The lowest BCUT2D eigenvalue weighted by molar-refractivity contribution is 0.0624. The van der Waals surface area contributed by atoms with E-state index < -0.39 is 0 Å². The number of carbonyl (C=O) groups excluding carboxylic acids is 1. The lowest BCUT2D eigenvalue weighted by Gasteiger charge is -2.35. The summed E-state index contributed by atoms with van der Waals surface area (Å²) >= 11 is 0. The first kappa shape index (κ1) is 21.7. The summed E-state index contributed by atoms with van der Waals surface area (Å²) in [6.07, 6.45) is 1.90.